The van der Waals surface area contributed by atoms with E-state index in [4.69, 9.17) is 0 Å². The Hall–Kier alpha value is -1.38. The fourth-order valence-electron chi connectivity index (χ4n) is 6.89. The van der Waals surface area contributed by atoms with Gasteiger partial charge in [-0.1, -0.05) is 25.5 Å². The third kappa shape index (κ3) is 1.96. The van der Waals surface area contributed by atoms with Crippen molar-refractivity contribution in [2.24, 2.45) is 34.5 Å². The highest BCUT2D eigenvalue weighted by atomic mass is 16.4. The molecule has 0 aromatic rings. The largest absolute Gasteiger partial charge is 0.481 e. The van der Waals surface area contributed by atoms with Gasteiger partial charge in [-0.05, 0) is 80.3 Å². The first-order valence-electron chi connectivity index (χ1n) is 9.45. The number of carbonyl (C=O) groups excluding carboxylic acids is 1. The first-order valence-corrected chi connectivity index (χ1v) is 9.45. The summed E-state index contributed by atoms with van der Waals surface area (Å²) in [4.78, 5) is 23.8. The molecule has 3 heteroatoms. The molecule has 0 aromatic carbocycles. The molecule has 0 amide bonds. The first-order chi connectivity index (χ1) is 11.3. The number of carboxylic acids is 1. The lowest BCUT2D eigenvalue weighted by atomic mass is 9.47. The second-order valence-corrected chi connectivity index (χ2v) is 9.07. The molecular weight excluding hydrogens is 300 g/mol. The number of rotatable bonds is 1. The van der Waals surface area contributed by atoms with E-state index in [1.807, 2.05) is 13.0 Å². The van der Waals surface area contributed by atoms with E-state index >= 15 is 0 Å². The zero-order valence-corrected chi connectivity index (χ0v) is 15.0. The molecule has 3 nitrogen and oxygen atoms in total. The van der Waals surface area contributed by atoms with Crippen LogP contribution in [0.3, 0.4) is 0 Å². The van der Waals surface area contributed by atoms with Crippen LogP contribution < -0.4 is 0 Å². The van der Waals surface area contributed by atoms with Crippen LogP contribution in [0, 0.1) is 34.5 Å². The summed E-state index contributed by atoms with van der Waals surface area (Å²) in [6.45, 7) is 6.49. The first kappa shape index (κ1) is 16.1. The maximum atomic E-state index is 12.1. The summed E-state index contributed by atoms with van der Waals surface area (Å²) < 4.78 is 0. The van der Waals surface area contributed by atoms with Crippen molar-refractivity contribution in [3.8, 4) is 0 Å². The molecule has 6 atom stereocenters. The van der Waals surface area contributed by atoms with Gasteiger partial charge in [0.05, 0.1) is 5.92 Å². The number of carboxylic acid groups (broad SMARTS) is 1. The van der Waals surface area contributed by atoms with Gasteiger partial charge in [0.15, 0.2) is 5.78 Å². The van der Waals surface area contributed by atoms with Gasteiger partial charge in [0, 0.05) is 5.41 Å². The van der Waals surface area contributed by atoms with Gasteiger partial charge < -0.3 is 5.11 Å². The molecule has 0 heterocycles. The molecule has 0 aromatic heterocycles. The fourth-order valence-corrected chi connectivity index (χ4v) is 6.89. The van der Waals surface area contributed by atoms with Crippen LogP contribution in [0.5, 0.6) is 0 Å². The van der Waals surface area contributed by atoms with Crippen LogP contribution in [0.25, 0.3) is 0 Å². The van der Waals surface area contributed by atoms with E-state index in [1.54, 1.807) is 0 Å². The van der Waals surface area contributed by atoms with Gasteiger partial charge in [-0.3, -0.25) is 9.59 Å². The molecule has 3 fully saturated rings. The van der Waals surface area contributed by atoms with Crippen molar-refractivity contribution in [2.75, 3.05) is 0 Å². The molecule has 130 valence electrons. The van der Waals surface area contributed by atoms with Crippen LogP contribution in [0.2, 0.25) is 0 Å². The van der Waals surface area contributed by atoms with Gasteiger partial charge >= 0.3 is 5.97 Å². The minimum Gasteiger partial charge on any atom is -0.481 e. The smallest absolute Gasteiger partial charge is 0.307 e. The van der Waals surface area contributed by atoms with Crippen molar-refractivity contribution in [2.45, 2.75) is 59.3 Å². The number of carbonyl (C=O) groups is 2. The Morgan fingerprint density at radius 3 is 2.62 bits per heavy atom. The van der Waals surface area contributed by atoms with Crippen molar-refractivity contribution in [1.82, 2.24) is 0 Å². The number of hydrogen-bond donors (Lipinski definition) is 1. The van der Waals surface area contributed by atoms with Gasteiger partial charge in [0.1, 0.15) is 0 Å². The zero-order valence-electron chi connectivity index (χ0n) is 15.0. The second kappa shape index (κ2) is 5.06. The van der Waals surface area contributed by atoms with Crippen LogP contribution in [-0.2, 0) is 9.59 Å². The van der Waals surface area contributed by atoms with Gasteiger partial charge in [-0.15, -0.1) is 0 Å². The summed E-state index contributed by atoms with van der Waals surface area (Å²) in [5.41, 5.74) is 2.16. The molecule has 0 saturated heterocycles. The fraction of sp³-hybridized carbons (Fsp3) is 0.714. The van der Waals surface area contributed by atoms with Crippen LogP contribution in [0.4, 0.5) is 0 Å². The molecule has 0 spiro atoms. The van der Waals surface area contributed by atoms with E-state index in [0.717, 1.165) is 44.1 Å². The summed E-state index contributed by atoms with van der Waals surface area (Å²) in [5, 5.41) is 9.66. The minimum atomic E-state index is -0.597. The molecule has 4 aliphatic rings. The summed E-state index contributed by atoms with van der Waals surface area (Å²) in [6, 6.07) is 0. The van der Waals surface area contributed by atoms with Crippen molar-refractivity contribution in [3.63, 3.8) is 0 Å². The van der Waals surface area contributed by atoms with Crippen molar-refractivity contribution in [3.05, 3.63) is 23.3 Å². The van der Waals surface area contributed by atoms with Crippen molar-refractivity contribution in [1.29, 1.82) is 0 Å². The number of aliphatic carboxylic acids is 1. The van der Waals surface area contributed by atoms with E-state index in [2.05, 4.69) is 19.9 Å². The highest BCUT2D eigenvalue weighted by Crippen LogP contribution is 2.66. The third-order valence-electron chi connectivity index (χ3n) is 8.15. The van der Waals surface area contributed by atoms with Gasteiger partial charge in [-0.25, -0.2) is 0 Å². The van der Waals surface area contributed by atoms with Gasteiger partial charge in [0.25, 0.3) is 0 Å². The molecule has 1 N–H and O–H groups in total. The van der Waals surface area contributed by atoms with E-state index in [9.17, 15) is 14.7 Å². The topological polar surface area (TPSA) is 54.4 Å². The maximum absolute atomic E-state index is 12.1. The van der Waals surface area contributed by atoms with Crippen molar-refractivity contribution >= 4 is 11.8 Å². The lowest BCUT2D eigenvalue weighted by Crippen LogP contribution is -2.50. The molecule has 3 saturated carbocycles. The standard InChI is InChI=1S/C21H28O3/c1-12-11-21(3)13(10-18(12)22)4-5-14-15-6-7-17(19(23)24)20(15,2)9-8-16(14)21/h10-11,14-17H,4-9H2,1-3H3,(H,23,24)/t14-,15-,16-,17?,20-,21-/m0/s1. The Morgan fingerprint density at radius 2 is 1.92 bits per heavy atom. The Morgan fingerprint density at radius 1 is 1.17 bits per heavy atom. The molecule has 0 bridgehead atoms. The SMILES string of the molecule is CC1=C[C@@]2(C)C(=CC1=O)CC[C@@H]1[C@@H]2CC[C@]2(C)C(C(=O)O)CC[C@@H]12. The van der Waals surface area contributed by atoms with Crippen LogP contribution in [0.15, 0.2) is 23.3 Å². The van der Waals surface area contributed by atoms with Gasteiger partial charge in [-0.2, -0.15) is 0 Å². The summed E-state index contributed by atoms with van der Waals surface area (Å²) >= 11 is 0. The van der Waals surface area contributed by atoms with E-state index in [-0.39, 0.29) is 22.5 Å². The van der Waals surface area contributed by atoms with Crippen molar-refractivity contribution < 1.29 is 14.7 Å². The molecular formula is C21H28O3. The zero-order chi connectivity index (χ0) is 17.3. The third-order valence-corrected chi connectivity index (χ3v) is 8.15. The van der Waals surface area contributed by atoms with E-state index in [1.165, 1.54) is 5.57 Å². The Labute approximate surface area is 144 Å². The quantitative estimate of drug-likeness (QED) is 0.777. The average Bonchev–Trinajstić information content (AvgIpc) is 2.86. The highest BCUT2D eigenvalue weighted by Gasteiger charge is 2.60. The molecule has 24 heavy (non-hydrogen) atoms. The van der Waals surface area contributed by atoms with E-state index in [0.29, 0.717) is 17.8 Å². The monoisotopic (exact) mass is 328 g/mol. The number of hydrogen-bond acceptors (Lipinski definition) is 2. The van der Waals surface area contributed by atoms with Gasteiger partial charge in [0.2, 0.25) is 0 Å². The lowest BCUT2D eigenvalue weighted by molar-refractivity contribution is -0.148. The van der Waals surface area contributed by atoms with Crippen LogP contribution in [-0.4, -0.2) is 16.9 Å². The predicted molar refractivity (Wildman–Crippen MR) is 92.4 cm³/mol. The predicted octanol–water partition coefficient (Wildman–Crippen LogP) is 4.39. The molecule has 4 aliphatic carbocycles. The molecule has 0 aliphatic heterocycles. The summed E-state index contributed by atoms with van der Waals surface area (Å²) in [5.74, 6) is 1.10. The van der Waals surface area contributed by atoms with Crippen LogP contribution >= 0.6 is 0 Å². The number of fused-ring (bicyclic) bond motifs is 5. The molecule has 1 unspecified atom stereocenters. The second-order valence-electron chi connectivity index (χ2n) is 9.07. The lowest BCUT2D eigenvalue weighted by Gasteiger charge is -2.57. The molecule has 0 radical (unpaired) electrons. The normalized spacial score (nSPS) is 47.2. The van der Waals surface area contributed by atoms with Crippen LogP contribution in [0.1, 0.15) is 59.3 Å². The number of ketones is 1. The van der Waals surface area contributed by atoms with E-state index < -0.39 is 5.97 Å². The highest BCUT2D eigenvalue weighted by molar-refractivity contribution is 6.05. The average molecular weight is 328 g/mol. The Kier molecular flexibility index (Phi) is 3.40. The Balaban J connectivity index is 1.70. The Bertz CT molecular complexity index is 673. The minimum absolute atomic E-state index is 0.00352. The number of allylic oxidation sites excluding steroid dienone is 4. The molecule has 4 rings (SSSR count). The maximum Gasteiger partial charge on any atom is 0.307 e. The summed E-state index contributed by atoms with van der Waals surface area (Å²) in [7, 11) is 0. The summed E-state index contributed by atoms with van der Waals surface area (Å²) in [6.07, 6.45) is 10.3.